The van der Waals surface area contributed by atoms with Crippen LogP contribution in [0.15, 0.2) is 42.9 Å². The van der Waals surface area contributed by atoms with Gasteiger partial charge in [-0.3, -0.25) is 9.67 Å². The number of nitrogens with zero attached hydrogens (tertiary/aromatic N) is 6. The quantitative estimate of drug-likeness (QED) is 0.568. The third kappa shape index (κ3) is 3.83. The fraction of sp³-hybridized carbons (Fsp3) is 0.286. The molecule has 4 rings (SSSR count). The molecule has 0 spiro atoms. The van der Waals surface area contributed by atoms with Gasteiger partial charge in [-0.05, 0) is 49.1 Å². The third-order valence-electron chi connectivity index (χ3n) is 4.47. The van der Waals surface area contributed by atoms with E-state index in [2.05, 4.69) is 39.4 Å². The van der Waals surface area contributed by atoms with Crippen LogP contribution in [0.25, 0.3) is 22.2 Å². The van der Waals surface area contributed by atoms with Crippen molar-refractivity contribution in [2.75, 3.05) is 5.32 Å². The number of anilines is 2. The lowest BCUT2D eigenvalue weighted by atomic mass is 10.1. The van der Waals surface area contributed by atoms with Crippen molar-refractivity contribution in [3.63, 3.8) is 0 Å². The second-order valence-corrected chi connectivity index (χ2v) is 7.43. The zero-order valence-corrected chi connectivity index (χ0v) is 16.5. The van der Waals surface area contributed by atoms with Crippen LogP contribution in [0.5, 0.6) is 0 Å². The Labute approximate surface area is 163 Å². The molecule has 0 aliphatic heterocycles. The molecule has 0 aromatic carbocycles. The minimum absolute atomic E-state index is 0.566. The molecule has 0 aliphatic rings. The summed E-state index contributed by atoms with van der Waals surface area (Å²) in [5.41, 5.74) is 5.85. The van der Waals surface area contributed by atoms with Crippen molar-refractivity contribution in [2.24, 2.45) is 13.0 Å². The van der Waals surface area contributed by atoms with Gasteiger partial charge in [0.25, 0.3) is 0 Å². The largest absolute Gasteiger partial charge is 0.323 e. The van der Waals surface area contributed by atoms with Crippen LogP contribution in [-0.2, 0) is 13.5 Å². The van der Waals surface area contributed by atoms with E-state index in [0.717, 1.165) is 39.8 Å². The van der Waals surface area contributed by atoms with Gasteiger partial charge in [0.05, 0.1) is 22.9 Å². The standard InChI is InChI=1S/C21H23N7/c1-13(2)7-15-8-21(26-23-10-15)25-20-6-5-18-19(24-20)9-16(11-22-18)17-12-28(4)27-14(17)3/h5-6,8-13H,7H2,1-4H3,(H,24,25,26). The first-order valence-corrected chi connectivity index (χ1v) is 9.34. The highest BCUT2D eigenvalue weighted by Crippen LogP contribution is 2.25. The van der Waals surface area contributed by atoms with Crippen molar-refractivity contribution in [1.82, 2.24) is 29.9 Å². The Morgan fingerprint density at radius 2 is 1.93 bits per heavy atom. The number of fused-ring (bicyclic) bond motifs is 1. The molecule has 0 amide bonds. The van der Waals surface area contributed by atoms with Gasteiger partial charge in [-0.1, -0.05) is 13.8 Å². The van der Waals surface area contributed by atoms with Gasteiger partial charge in [0, 0.05) is 30.6 Å². The maximum absolute atomic E-state index is 4.72. The van der Waals surface area contributed by atoms with Gasteiger partial charge in [0.1, 0.15) is 5.82 Å². The van der Waals surface area contributed by atoms with Gasteiger partial charge in [-0.2, -0.15) is 10.2 Å². The van der Waals surface area contributed by atoms with Gasteiger partial charge in [-0.25, -0.2) is 4.98 Å². The molecule has 142 valence electrons. The molecule has 7 nitrogen and oxygen atoms in total. The number of pyridine rings is 2. The summed E-state index contributed by atoms with van der Waals surface area (Å²) in [4.78, 5) is 9.26. The van der Waals surface area contributed by atoms with Gasteiger partial charge < -0.3 is 5.32 Å². The minimum atomic E-state index is 0.566. The van der Waals surface area contributed by atoms with E-state index in [1.54, 1.807) is 0 Å². The lowest BCUT2D eigenvalue weighted by molar-refractivity contribution is 0.644. The number of aromatic nitrogens is 6. The van der Waals surface area contributed by atoms with Gasteiger partial charge in [0.15, 0.2) is 5.82 Å². The molecule has 0 saturated heterocycles. The van der Waals surface area contributed by atoms with Crippen LogP contribution in [0.4, 0.5) is 11.6 Å². The van der Waals surface area contributed by atoms with Gasteiger partial charge in [-0.15, -0.1) is 5.10 Å². The molecule has 1 N–H and O–H groups in total. The highest BCUT2D eigenvalue weighted by atomic mass is 15.2. The summed E-state index contributed by atoms with van der Waals surface area (Å²) in [7, 11) is 1.92. The normalized spacial score (nSPS) is 11.3. The lowest BCUT2D eigenvalue weighted by Gasteiger charge is -2.08. The van der Waals surface area contributed by atoms with E-state index in [4.69, 9.17) is 4.98 Å². The predicted octanol–water partition coefficient (Wildman–Crippen LogP) is 4.07. The number of nitrogens with one attached hydrogen (secondary N) is 1. The summed E-state index contributed by atoms with van der Waals surface area (Å²) in [5, 5.41) is 15.9. The molecule has 4 heterocycles. The van der Waals surface area contributed by atoms with Crippen LogP contribution in [0, 0.1) is 12.8 Å². The Hall–Kier alpha value is -3.35. The van der Waals surface area contributed by atoms with Crippen molar-refractivity contribution in [3.05, 3.63) is 54.1 Å². The Morgan fingerprint density at radius 1 is 1.07 bits per heavy atom. The summed E-state index contributed by atoms with van der Waals surface area (Å²) < 4.78 is 1.81. The van der Waals surface area contributed by atoms with Crippen molar-refractivity contribution in [3.8, 4) is 11.1 Å². The fourth-order valence-corrected chi connectivity index (χ4v) is 3.29. The summed E-state index contributed by atoms with van der Waals surface area (Å²) in [6.07, 6.45) is 6.64. The number of hydrogen-bond donors (Lipinski definition) is 1. The van der Waals surface area contributed by atoms with E-state index in [1.165, 1.54) is 0 Å². The summed E-state index contributed by atoms with van der Waals surface area (Å²) in [6, 6.07) is 7.92. The molecular weight excluding hydrogens is 350 g/mol. The highest BCUT2D eigenvalue weighted by Gasteiger charge is 2.09. The molecule has 0 unspecified atom stereocenters. The van der Waals surface area contributed by atoms with Crippen molar-refractivity contribution in [1.29, 1.82) is 0 Å². The molecule has 28 heavy (non-hydrogen) atoms. The topological polar surface area (TPSA) is 81.4 Å². The lowest BCUT2D eigenvalue weighted by Crippen LogP contribution is -2.01. The van der Waals surface area contributed by atoms with E-state index < -0.39 is 0 Å². The van der Waals surface area contributed by atoms with Crippen molar-refractivity contribution >= 4 is 22.7 Å². The number of rotatable bonds is 5. The smallest absolute Gasteiger partial charge is 0.154 e. The van der Waals surface area contributed by atoms with E-state index in [1.807, 2.05) is 61.5 Å². The third-order valence-corrected chi connectivity index (χ3v) is 4.47. The van der Waals surface area contributed by atoms with Gasteiger partial charge in [0.2, 0.25) is 0 Å². The van der Waals surface area contributed by atoms with Crippen molar-refractivity contribution in [2.45, 2.75) is 27.2 Å². The molecule has 4 aromatic rings. The zero-order chi connectivity index (χ0) is 19.7. The minimum Gasteiger partial charge on any atom is -0.323 e. The Bertz CT molecular complexity index is 1130. The highest BCUT2D eigenvalue weighted by molar-refractivity contribution is 5.82. The molecule has 4 aromatic heterocycles. The first kappa shape index (κ1) is 18.0. The molecule has 0 saturated carbocycles. The second-order valence-electron chi connectivity index (χ2n) is 7.43. The molecule has 0 fully saturated rings. The molecule has 0 atom stereocenters. The Balaban J connectivity index is 1.64. The van der Waals surface area contributed by atoms with Gasteiger partial charge >= 0.3 is 0 Å². The number of aryl methyl sites for hydroxylation is 2. The van der Waals surface area contributed by atoms with Crippen LogP contribution >= 0.6 is 0 Å². The van der Waals surface area contributed by atoms with E-state index in [0.29, 0.717) is 17.6 Å². The van der Waals surface area contributed by atoms with Crippen LogP contribution in [-0.4, -0.2) is 29.9 Å². The number of hydrogen-bond acceptors (Lipinski definition) is 6. The van der Waals surface area contributed by atoms with Crippen LogP contribution in [0.1, 0.15) is 25.1 Å². The first-order chi connectivity index (χ1) is 13.5. The van der Waals surface area contributed by atoms with E-state index in [9.17, 15) is 0 Å². The molecule has 0 aliphatic carbocycles. The monoisotopic (exact) mass is 373 g/mol. The van der Waals surface area contributed by atoms with Crippen LogP contribution in [0.3, 0.4) is 0 Å². The Morgan fingerprint density at radius 3 is 2.68 bits per heavy atom. The molecule has 0 bridgehead atoms. The SMILES string of the molecule is Cc1nn(C)cc1-c1cnc2ccc(Nc3cc(CC(C)C)cnn3)nc2c1. The van der Waals surface area contributed by atoms with Crippen LogP contribution < -0.4 is 5.32 Å². The predicted molar refractivity (Wildman–Crippen MR) is 110 cm³/mol. The molecular formula is C21H23N7. The molecule has 0 radical (unpaired) electrons. The first-order valence-electron chi connectivity index (χ1n) is 9.34. The summed E-state index contributed by atoms with van der Waals surface area (Å²) in [6.45, 7) is 6.37. The average molecular weight is 373 g/mol. The average Bonchev–Trinajstić information content (AvgIpc) is 2.99. The van der Waals surface area contributed by atoms with Crippen LogP contribution in [0.2, 0.25) is 0 Å². The maximum atomic E-state index is 4.72. The fourth-order valence-electron chi connectivity index (χ4n) is 3.29. The maximum Gasteiger partial charge on any atom is 0.154 e. The van der Waals surface area contributed by atoms with E-state index in [-0.39, 0.29) is 0 Å². The molecule has 7 heteroatoms. The summed E-state index contributed by atoms with van der Waals surface area (Å²) >= 11 is 0. The van der Waals surface area contributed by atoms with E-state index >= 15 is 0 Å². The van der Waals surface area contributed by atoms with Crippen molar-refractivity contribution < 1.29 is 0 Å². The zero-order valence-electron chi connectivity index (χ0n) is 16.5. The summed E-state index contributed by atoms with van der Waals surface area (Å²) in [5.74, 6) is 1.97. The second kappa shape index (κ2) is 7.34. The Kier molecular flexibility index (Phi) is 4.73.